The molecular weight excluding hydrogens is 354 g/mol. The van der Waals surface area contributed by atoms with Gasteiger partial charge in [-0.25, -0.2) is 14.6 Å². The highest BCUT2D eigenvalue weighted by Crippen LogP contribution is 2.27. The molecule has 8 heteroatoms. The van der Waals surface area contributed by atoms with Crippen LogP contribution in [0.25, 0.3) is 11.0 Å². The molecule has 0 unspecified atom stereocenters. The highest BCUT2D eigenvalue weighted by atomic mass is 32.2. The van der Waals surface area contributed by atoms with E-state index in [0.717, 1.165) is 22.7 Å². The second-order valence-electron chi connectivity index (χ2n) is 5.43. The number of anilines is 1. The Morgan fingerprint density at radius 2 is 2.19 bits per heavy atom. The van der Waals surface area contributed by atoms with E-state index in [0.29, 0.717) is 17.0 Å². The third kappa shape index (κ3) is 4.08. The Kier molecular flexibility index (Phi) is 5.62. The Morgan fingerprint density at radius 1 is 1.35 bits per heavy atom. The number of thioether (sulfide) groups is 1. The Morgan fingerprint density at radius 3 is 2.96 bits per heavy atom. The number of hydrogen-bond acceptors (Lipinski definition) is 6. The molecule has 1 N–H and O–H groups in total. The number of amides is 1. The molecule has 1 amide bonds. The van der Waals surface area contributed by atoms with Crippen LogP contribution < -0.4 is 10.9 Å². The number of nitrogens with zero attached hydrogens (tertiary/aromatic N) is 2. The molecule has 3 aromatic rings. The van der Waals surface area contributed by atoms with E-state index in [9.17, 15) is 9.59 Å². The van der Waals surface area contributed by atoms with Crippen LogP contribution in [0.3, 0.4) is 0 Å². The van der Waals surface area contributed by atoms with Gasteiger partial charge < -0.3 is 13.7 Å². The van der Waals surface area contributed by atoms with Crippen molar-refractivity contribution in [1.82, 2.24) is 9.55 Å². The van der Waals surface area contributed by atoms with E-state index in [4.69, 9.17) is 9.15 Å². The van der Waals surface area contributed by atoms with Crippen molar-refractivity contribution in [3.63, 3.8) is 0 Å². The van der Waals surface area contributed by atoms with Crippen LogP contribution in [0, 0.1) is 0 Å². The van der Waals surface area contributed by atoms with Gasteiger partial charge in [-0.05, 0) is 31.5 Å². The summed E-state index contributed by atoms with van der Waals surface area (Å²) in [5, 5.41) is 4.32. The maximum absolute atomic E-state index is 11.9. The summed E-state index contributed by atoms with van der Waals surface area (Å²) in [7, 11) is 0. The molecule has 0 aliphatic heterocycles. The molecule has 2 heterocycles. The fourth-order valence-electron chi connectivity index (χ4n) is 2.53. The lowest BCUT2D eigenvalue weighted by Crippen LogP contribution is -2.13. The smallest absolute Gasteiger partial charge is 0.411 e. The van der Waals surface area contributed by atoms with Crippen LogP contribution in [-0.4, -0.2) is 22.3 Å². The number of carbonyl (C=O) groups excluding carboxylic acids is 1. The summed E-state index contributed by atoms with van der Waals surface area (Å²) in [5.41, 5.74) is 1.35. The molecular formula is C18H19N3O4S. The molecule has 0 saturated carbocycles. The monoisotopic (exact) mass is 373 g/mol. The number of benzene rings is 1. The first-order valence-corrected chi connectivity index (χ1v) is 9.23. The molecule has 0 saturated heterocycles. The second kappa shape index (κ2) is 8.09. The van der Waals surface area contributed by atoms with Gasteiger partial charge in [-0.1, -0.05) is 11.8 Å². The van der Waals surface area contributed by atoms with Crippen molar-refractivity contribution in [2.45, 2.75) is 31.3 Å². The zero-order chi connectivity index (χ0) is 18.5. The van der Waals surface area contributed by atoms with E-state index >= 15 is 0 Å². The Labute approximate surface area is 154 Å². The Bertz CT molecular complexity index is 980. The van der Waals surface area contributed by atoms with Crippen LogP contribution in [0.5, 0.6) is 0 Å². The first-order chi connectivity index (χ1) is 12.6. The Balaban J connectivity index is 1.86. The van der Waals surface area contributed by atoms with Gasteiger partial charge in [0.25, 0.3) is 0 Å². The molecule has 136 valence electrons. The zero-order valence-corrected chi connectivity index (χ0v) is 15.3. The highest BCUT2D eigenvalue weighted by molar-refractivity contribution is 7.98. The standard InChI is InChI=1S/C18H19N3O4S/c1-3-21-8-7-19-17(21)26-11-12-9-16(22)25-15-10-13(5-6-14(12)15)20-18(23)24-4-2/h5-10H,3-4,11H2,1-2H3,(H,20,23). The van der Waals surface area contributed by atoms with Crippen molar-refractivity contribution in [1.29, 1.82) is 0 Å². The number of aryl methyl sites for hydroxylation is 1. The van der Waals surface area contributed by atoms with Gasteiger partial charge in [0.15, 0.2) is 5.16 Å². The van der Waals surface area contributed by atoms with Crippen molar-refractivity contribution < 1.29 is 13.9 Å². The summed E-state index contributed by atoms with van der Waals surface area (Å²) < 4.78 is 12.2. The van der Waals surface area contributed by atoms with Gasteiger partial charge in [0.1, 0.15) is 5.58 Å². The van der Waals surface area contributed by atoms with E-state index in [1.165, 1.54) is 6.07 Å². The van der Waals surface area contributed by atoms with Crippen LogP contribution in [0.15, 0.2) is 51.0 Å². The van der Waals surface area contributed by atoms with Crippen molar-refractivity contribution in [3.8, 4) is 0 Å². The molecule has 0 aliphatic carbocycles. The lowest BCUT2D eigenvalue weighted by molar-refractivity contribution is 0.168. The second-order valence-corrected chi connectivity index (χ2v) is 6.37. The number of ether oxygens (including phenoxy) is 1. The predicted octanol–water partition coefficient (Wildman–Crippen LogP) is 3.87. The number of fused-ring (bicyclic) bond motifs is 1. The zero-order valence-electron chi connectivity index (χ0n) is 14.5. The summed E-state index contributed by atoms with van der Waals surface area (Å²) in [5.74, 6) is 0.587. The molecule has 26 heavy (non-hydrogen) atoms. The minimum Gasteiger partial charge on any atom is -0.450 e. The predicted molar refractivity (Wildman–Crippen MR) is 101 cm³/mol. The molecule has 0 aliphatic rings. The minimum absolute atomic E-state index is 0.281. The number of aromatic nitrogens is 2. The maximum atomic E-state index is 11.9. The average molecular weight is 373 g/mol. The highest BCUT2D eigenvalue weighted by Gasteiger charge is 2.10. The van der Waals surface area contributed by atoms with E-state index in [2.05, 4.69) is 17.2 Å². The molecule has 0 radical (unpaired) electrons. The quantitative estimate of drug-likeness (QED) is 0.521. The van der Waals surface area contributed by atoms with E-state index < -0.39 is 11.7 Å². The SMILES string of the molecule is CCOC(=O)Nc1ccc2c(CSc3nccn3CC)cc(=O)oc2c1. The maximum Gasteiger partial charge on any atom is 0.411 e. The third-order valence-electron chi connectivity index (χ3n) is 3.73. The van der Waals surface area contributed by atoms with Crippen molar-refractivity contribution >= 4 is 34.5 Å². The van der Waals surface area contributed by atoms with Crippen molar-refractivity contribution in [3.05, 3.63) is 52.6 Å². The molecule has 0 spiro atoms. The van der Waals surface area contributed by atoms with E-state index in [1.807, 2.05) is 16.8 Å². The van der Waals surface area contributed by atoms with Gasteiger partial charge in [-0.15, -0.1) is 0 Å². The summed E-state index contributed by atoms with van der Waals surface area (Å²) >= 11 is 1.56. The summed E-state index contributed by atoms with van der Waals surface area (Å²) in [6.45, 7) is 4.90. The minimum atomic E-state index is -0.549. The van der Waals surface area contributed by atoms with Crippen LogP contribution in [-0.2, 0) is 17.0 Å². The first-order valence-electron chi connectivity index (χ1n) is 8.25. The lowest BCUT2D eigenvalue weighted by atomic mass is 10.1. The number of imidazole rings is 1. The van der Waals surface area contributed by atoms with Gasteiger partial charge in [-0.3, -0.25) is 5.32 Å². The van der Waals surface area contributed by atoms with Crippen molar-refractivity contribution in [2.75, 3.05) is 11.9 Å². The first kappa shape index (κ1) is 18.1. The van der Waals surface area contributed by atoms with Crippen molar-refractivity contribution in [2.24, 2.45) is 0 Å². The molecule has 0 atom stereocenters. The van der Waals surface area contributed by atoms with Gasteiger partial charge in [-0.2, -0.15) is 0 Å². The van der Waals surface area contributed by atoms with E-state index in [1.54, 1.807) is 37.0 Å². The Hall–Kier alpha value is -2.74. The fraction of sp³-hybridized carbons (Fsp3) is 0.278. The number of rotatable bonds is 6. The van der Waals surface area contributed by atoms with Crippen LogP contribution in [0.4, 0.5) is 10.5 Å². The van der Waals surface area contributed by atoms with Gasteiger partial charge >= 0.3 is 11.7 Å². The van der Waals surface area contributed by atoms with Gasteiger partial charge in [0.2, 0.25) is 0 Å². The molecule has 0 bridgehead atoms. The summed E-state index contributed by atoms with van der Waals surface area (Å²) in [6.07, 6.45) is 3.14. The van der Waals surface area contributed by atoms with Gasteiger partial charge in [0.05, 0.1) is 6.61 Å². The lowest BCUT2D eigenvalue weighted by Gasteiger charge is -2.09. The molecule has 7 nitrogen and oxygen atoms in total. The average Bonchev–Trinajstić information content (AvgIpc) is 3.07. The largest absolute Gasteiger partial charge is 0.450 e. The van der Waals surface area contributed by atoms with E-state index in [-0.39, 0.29) is 6.61 Å². The number of hydrogen-bond donors (Lipinski definition) is 1. The normalized spacial score (nSPS) is 10.8. The number of nitrogens with one attached hydrogen (secondary N) is 1. The molecule has 0 fully saturated rings. The molecule has 2 aromatic heterocycles. The molecule has 3 rings (SSSR count). The summed E-state index contributed by atoms with van der Waals surface area (Å²) in [4.78, 5) is 27.8. The summed E-state index contributed by atoms with van der Waals surface area (Å²) in [6, 6.07) is 6.68. The van der Waals surface area contributed by atoms with Crippen LogP contribution >= 0.6 is 11.8 Å². The number of carbonyl (C=O) groups is 1. The third-order valence-corrected chi connectivity index (χ3v) is 4.78. The topological polar surface area (TPSA) is 86.4 Å². The fourth-order valence-corrected chi connectivity index (χ4v) is 3.55. The van der Waals surface area contributed by atoms with Crippen LogP contribution in [0.1, 0.15) is 19.4 Å². The van der Waals surface area contributed by atoms with Gasteiger partial charge in [0, 0.05) is 47.9 Å². The molecule has 1 aromatic carbocycles. The van der Waals surface area contributed by atoms with Crippen LogP contribution in [0.2, 0.25) is 0 Å².